The van der Waals surface area contributed by atoms with Crippen molar-refractivity contribution in [2.24, 2.45) is 0 Å². The van der Waals surface area contributed by atoms with Gasteiger partial charge >= 0.3 is 0 Å². The Bertz CT molecular complexity index is 586. The van der Waals surface area contributed by atoms with Crippen molar-refractivity contribution in [1.29, 1.82) is 0 Å². The monoisotopic (exact) mass is 233 g/mol. The lowest BCUT2D eigenvalue weighted by Crippen LogP contribution is -1.96. The van der Waals surface area contributed by atoms with Gasteiger partial charge in [-0.2, -0.15) is 0 Å². The van der Waals surface area contributed by atoms with Crippen molar-refractivity contribution in [3.63, 3.8) is 0 Å². The molecule has 0 aliphatic heterocycles. The first-order valence-corrected chi connectivity index (χ1v) is 5.78. The van der Waals surface area contributed by atoms with Crippen molar-refractivity contribution in [3.8, 4) is 5.75 Å². The molecular weight excluding hydrogens is 218 g/mol. The summed E-state index contributed by atoms with van der Waals surface area (Å²) in [5.41, 5.74) is 3.34. The molecule has 0 saturated carbocycles. The van der Waals surface area contributed by atoms with Crippen LogP contribution in [0.15, 0.2) is 18.2 Å². The van der Waals surface area contributed by atoms with E-state index in [1.165, 1.54) is 5.56 Å². The number of nitrogens with one attached hydrogen (secondary N) is 1. The van der Waals surface area contributed by atoms with Gasteiger partial charge < -0.3 is 9.72 Å². The molecule has 0 atom stereocenters. The lowest BCUT2D eigenvalue weighted by Gasteiger charge is -2.10. The van der Waals surface area contributed by atoms with Crippen LogP contribution in [0, 0.1) is 11.4 Å². The highest BCUT2D eigenvalue weighted by Crippen LogP contribution is 2.27. The molecule has 1 heterocycles. The number of aromatic nitrogens is 1. The lowest BCUT2D eigenvalue weighted by atomic mass is 10.1. The second-order valence-electron chi connectivity index (χ2n) is 3.79. The Kier molecular flexibility index (Phi) is 2.97. The molecule has 2 nitrogen and oxygen atoms in total. The van der Waals surface area contributed by atoms with Crippen LogP contribution < -0.4 is 4.74 Å². The Hall–Kier alpha value is -1.35. The molecule has 0 amide bonds. The maximum absolute atomic E-state index is 5.51. The molecule has 0 aliphatic rings. The summed E-state index contributed by atoms with van der Waals surface area (Å²) in [4.78, 5) is 3.38. The van der Waals surface area contributed by atoms with Crippen LogP contribution in [0.1, 0.15) is 18.2 Å². The highest BCUT2D eigenvalue weighted by Gasteiger charge is 2.07. The van der Waals surface area contributed by atoms with Crippen LogP contribution in [0.2, 0.25) is 0 Å². The van der Waals surface area contributed by atoms with Gasteiger partial charge in [-0.05, 0) is 25.0 Å². The van der Waals surface area contributed by atoms with Crippen molar-refractivity contribution in [3.05, 3.63) is 34.0 Å². The fourth-order valence-electron chi connectivity index (χ4n) is 2.04. The highest BCUT2D eigenvalue weighted by molar-refractivity contribution is 7.71. The van der Waals surface area contributed by atoms with E-state index < -0.39 is 0 Å². The Morgan fingerprint density at radius 2 is 2.12 bits per heavy atom. The quantitative estimate of drug-likeness (QED) is 0.799. The van der Waals surface area contributed by atoms with Gasteiger partial charge in [-0.1, -0.05) is 31.3 Å². The number of methoxy groups -OCH3 is 1. The number of para-hydroxylation sites is 1. The van der Waals surface area contributed by atoms with Crippen LogP contribution >= 0.6 is 12.2 Å². The normalized spacial score (nSPS) is 10.7. The molecule has 0 bridgehead atoms. The van der Waals surface area contributed by atoms with E-state index in [0.717, 1.165) is 33.3 Å². The van der Waals surface area contributed by atoms with Gasteiger partial charge in [-0.3, -0.25) is 0 Å². The minimum Gasteiger partial charge on any atom is -0.495 e. The van der Waals surface area contributed by atoms with Crippen molar-refractivity contribution >= 4 is 23.1 Å². The molecule has 0 radical (unpaired) electrons. The van der Waals surface area contributed by atoms with Crippen LogP contribution in [-0.4, -0.2) is 12.1 Å². The summed E-state index contributed by atoms with van der Waals surface area (Å²) in [5.74, 6) is 0.842. The predicted octanol–water partition coefficient (Wildman–Crippen LogP) is 3.78. The number of aryl methyl sites for hydroxylation is 1. The second-order valence-corrected chi connectivity index (χ2v) is 4.20. The van der Waals surface area contributed by atoms with E-state index in [9.17, 15) is 0 Å². The van der Waals surface area contributed by atoms with E-state index in [4.69, 9.17) is 17.0 Å². The predicted molar refractivity (Wildman–Crippen MR) is 69.8 cm³/mol. The summed E-state index contributed by atoms with van der Waals surface area (Å²) in [6.45, 7) is 4.18. The summed E-state index contributed by atoms with van der Waals surface area (Å²) >= 11 is 5.51. The van der Waals surface area contributed by atoms with Gasteiger partial charge in [0.1, 0.15) is 5.75 Å². The lowest BCUT2D eigenvalue weighted by molar-refractivity contribution is 0.419. The van der Waals surface area contributed by atoms with Gasteiger partial charge in [0, 0.05) is 11.1 Å². The minimum atomic E-state index is 0.842. The number of benzene rings is 1. The largest absolute Gasteiger partial charge is 0.495 e. The SMILES string of the molecule is CCc1c(C)[nH]c2c(OC)cccc2c1=S. The van der Waals surface area contributed by atoms with E-state index in [0.29, 0.717) is 0 Å². The van der Waals surface area contributed by atoms with E-state index in [2.05, 4.69) is 18.8 Å². The highest BCUT2D eigenvalue weighted by atomic mass is 32.1. The molecule has 1 aromatic heterocycles. The second kappa shape index (κ2) is 4.26. The zero-order valence-corrected chi connectivity index (χ0v) is 10.6. The van der Waals surface area contributed by atoms with Gasteiger partial charge in [0.2, 0.25) is 0 Å². The third-order valence-electron chi connectivity index (χ3n) is 2.88. The topological polar surface area (TPSA) is 25.0 Å². The molecule has 2 rings (SSSR count). The van der Waals surface area contributed by atoms with Gasteiger partial charge in [0.25, 0.3) is 0 Å². The van der Waals surface area contributed by atoms with Crippen molar-refractivity contribution in [2.45, 2.75) is 20.3 Å². The molecular formula is C13H15NOS. The Morgan fingerprint density at radius 3 is 2.75 bits per heavy atom. The van der Waals surface area contributed by atoms with Crippen LogP contribution in [0.3, 0.4) is 0 Å². The Labute approximate surface area is 100 Å². The average molecular weight is 233 g/mol. The van der Waals surface area contributed by atoms with E-state index in [1.807, 2.05) is 18.2 Å². The number of fused-ring (bicyclic) bond motifs is 1. The molecule has 0 fully saturated rings. The summed E-state index contributed by atoms with van der Waals surface area (Å²) in [7, 11) is 1.68. The first kappa shape index (κ1) is 11.1. The van der Waals surface area contributed by atoms with Crippen molar-refractivity contribution in [1.82, 2.24) is 4.98 Å². The van der Waals surface area contributed by atoms with Crippen LogP contribution in [0.4, 0.5) is 0 Å². The number of rotatable bonds is 2. The molecule has 0 aliphatic carbocycles. The smallest absolute Gasteiger partial charge is 0.142 e. The number of ether oxygens (including phenoxy) is 1. The van der Waals surface area contributed by atoms with Crippen LogP contribution in [-0.2, 0) is 6.42 Å². The molecule has 1 N–H and O–H groups in total. The van der Waals surface area contributed by atoms with E-state index in [1.54, 1.807) is 7.11 Å². The van der Waals surface area contributed by atoms with Crippen LogP contribution in [0.5, 0.6) is 5.75 Å². The van der Waals surface area contributed by atoms with E-state index >= 15 is 0 Å². The van der Waals surface area contributed by atoms with Crippen LogP contribution in [0.25, 0.3) is 10.9 Å². The number of aromatic amines is 1. The molecule has 2 aromatic rings. The van der Waals surface area contributed by atoms with E-state index in [-0.39, 0.29) is 0 Å². The summed E-state index contributed by atoms with van der Waals surface area (Å²) in [6.07, 6.45) is 0.953. The van der Waals surface area contributed by atoms with Crippen molar-refractivity contribution < 1.29 is 4.74 Å². The maximum Gasteiger partial charge on any atom is 0.142 e. The third kappa shape index (κ3) is 1.61. The number of pyridine rings is 1. The number of hydrogen-bond acceptors (Lipinski definition) is 2. The molecule has 3 heteroatoms. The first-order chi connectivity index (χ1) is 7.69. The summed E-state index contributed by atoms with van der Waals surface area (Å²) < 4.78 is 6.27. The number of H-pyrrole nitrogens is 1. The zero-order chi connectivity index (χ0) is 11.7. The van der Waals surface area contributed by atoms with Crippen molar-refractivity contribution in [2.75, 3.05) is 7.11 Å². The average Bonchev–Trinajstić information content (AvgIpc) is 2.29. The Balaban J connectivity index is 2.92. The zero-order valence-electron chi connectivity index (χ0n) is 9.76. The summed E-state index contributed by atoms with van der Waals surface area (Å²) in [5, 5.41) is 1.07. The maximum atomic E-state index is 5.51. The molecule has 84 valence electrons. The first-order valence-electron chi connectivity index (χ1n) is 5.37. The minimum absolute atomic E-state index is 0.842. The third-order valence-corrected chi connectivity index (χ3v) is 3.35. The molecule has 16 heavy (non-hydrogen) atoms. The van der Waals surface area contributed by atoms with Gasteiger partial charge in [-0.15, -0.1) is 0 Å². The molecule has 0 unspecified atom stereocenters. The fourth-order valence-corrected chi connectivity index (χ4v) is 2.51. The summed E-state index contributed by atoms with van der Waals surface area (Å²) in [6, 6.07) is 5.95. The van der Waals surface area contributed by atoms with Gasteiger partial charge in [-0.25, -0.2) is 0 Å². The fraction of sp³-hybridized carbons (Fsp3) is 0.308. The Morgan fingerprint density at radius 1 is 1.38 bits per heavy atom. The molecule has 0 saturated heterocycles. The van der Waals surface area contributed by atoms with Gasteiger partial charge in [0.05, 0.1) is 17.1 Å². The number of hydrogen-bond donors (Lipinski definition) is 1. The molecule has 1 aromatic carbocycles. The van der Waals surface area contributed by atoms with Gasteiger partial charge in [0.15, 0.2) is 0 Å². The standard InChI is InChI=1S/C13H15NOS/c1-4-9-8(2)14-12-10(13(9)16)6-5-7-11(12)15-3/h5-7H,4H2,1-3H3,(H,14,16). The molecule has 0 spiro atoms.